The quantitative estimate of drug-likeness (QED) is 0.540. The monoisotopic (exact) mass is 192 g/mol. The summed E-state index contributed by atoms with van der Waals surface area (Å²) >= 11 is 0. The molecule has 1 aromatic rings. The lowest BCUT2D eigenvalue weighted by atomic mass is 10.1. The molecular weight excluding hydrogens is 180 g/mol. The summed E-state index contributed by atoms with van der Waals surface area (Å²) in [6.07, 6.45) is -0.159. The highest BCUT2D eigenvalue weighted by Gasteiger charge is 2.41. The predicted molar refractivity (Wildman–Crippen MR) is 51.7 cm³/mol. The van der Waals surface area contributed by atoms with Crippen LogP contribution in [0.1, 0.15) is 17.3 Å². The number of benzene rings is 1. The van der Waals surface area contributed by atoms with E-state index in [0.717, 1.165) is 5.75 Å². The van der Waals surface area contributed by atoms with Crippen LogP contribution in [0.2, 0.25) is 0 Å². The minimum Gasteiger partial charge on any atom is -0.497 e. The van der Waals surface area contributed by atoms with Gasteiger partial charge in [0, 0.05) is 5.56 Å². The fraction of sp³-hybridized carbons (Fsp3) is 0.364. The number of rotatable bonds is 3. The van der Waals surface area contributed by atoms with Crippen LogP contribution in [0.4, 0.5) is 0 Å². The molecule has 2 rings (SSSR count). The summed E-state index contributed by atoms with van der Waals surface area (Å²) in [6, 6.07) is 7.08. The van der Waals surface area contributed by atoms with Gasteiger partial charge >= 0.3 is 0 Å². The van der Waals surface area contributed by atoms with Gasteiger partial charge in [-0.2, -0.15) is 0 Å². The third-order valence-corrected chi connectivity index (χ3v) is 2.34. The summed E-state index contributed by atoms with van der Waals surface area (Å²) in [5, 5.41) is 0. The number of ketones is 1. The van der Waals surface area contributed by atoms with E-state index in [0.29, 0.717) is 5.56 Å². The van der Waals surface area contributed by atoms with Crippen molar-refractivity contribution in [2.75, 3.05) is 7.11 Å². The molecule has 1 heterocycles. The van der Waals surface area contributed by atoms with E-state index in [1.165, 1.54) is 0 Å². The highest BCUT2D eigenvalue weighted by Crippen LogP contribution is 2.25. The number of carbonyl (C=O) groups excluding carboxylic acids is 1. The molecule has 1 aromatic carbocycles. The Balaban J connectivity index is 2.13. The standard InChI is InChI=1S/C11H12O3/c1-7-11(14-7)10(12)8-3-5-9(13-2)6-4-8/h3-7,11H,1-2H3/t7-,11+/m1/s1. The molecule has 1 aliphatic heterocycles. The topological polar surface area (TPSA) is 38.8 Å². The maximum atomic E-state index is 11.7. The number of epoxide rings is 1. The molecule has 0 unspecified atom stereocenters. The molecule has 0 saturated carbocycles. The van der Waals surface area contributed by atoms with Crippen LogP contribution in [0, 0.1) is 0 Å². The summed E-state index contributed by atoms with van der Waals surface area (Å²) in [4.78, 5) is 11.7. The summed E-state index contributed by atoms with van der Waals surface area (Å²) < 4.78 is 10.1. The summed E-state index contributed by atoms with van der Waals surface area (Å²) in [6.45, 7) is 1.89. The van der Waals surface area contributed by atoms with Gasteiger partial charge in [-0.3, -0.25) is 4.79 Å². The van der Waals surface area contributed by atoms with E-state index in [1.54, 1.807) is 31.4 Å². The van der Waals surface area contributed by atoms with E-state index in [2.05, 4.69) is 0 Å². The molecule has 14 heavy (non-hydrogen) atoms. The summed E-state index contributed by atoms with van der Waals surface area (Å²) in [5.41, 5.74) is 0.681. The van der Waals surface area contributed by atoms with Gasteiger partial charge in [-0.15, -0.1) is 0 Å². The first-order chi connectivity index (χ1) is 6.72. The van der Waals surface area contributed by atoms with Crippen molar-refractivity contribution in [2.24, 2.45) is 0 Å². The Morgan fingerprint density at radius 3 is 2.36 bits per heavy atom. The maximum Gasteiger partial charge on any atom is 0.194 e. The lowest BCUT2D eigenvalue weighted by molar-refractivity contribution is 0.0953. The van der Waals surface area contributed by atoms with Crippen LogP contribution in [-0.4, -0.2) is 25.1 Å². The third kappa shape index (κ3) is 1.63. The Morgan fingerprint density at radius 1 is 1.36 bits per heavy atom. The van der Waals surface area contributed by atoms with Crippen LogP contribution < -0.4 is 4.74 Å². The molecule has 74 valence electrons. The molecule has 0 aromatic heterocycles. The van der Waals surface area contributed by atoms with Crippen molar-refractivity contribution < 1.29 is 14.3 Å². The molecule has 0 aliphatic carbocycles. The molecule has 0 radical (unpaired) electrons. The van der Waals surface area contributed by atoms with Crippen molar-refractivity contribution >= 4 is 5.78 Å². The van der Waals surface area contributed by atoms with Gasteiger partial charge < -0.3 is 9.47 Å². The summed E-state index contributed by atoms with van der Waals surface area (Å²) in [5.74, 6) is 0.812. The Morgan fingerprint density at radius 2 is 1.93 bits per heavy atom. The maximum absolute atomic E-state index is 11.7. The van der Waals surface area contributed by atoms with E-state index in [-0.39, 0.29) is 18.0 Å². The van der Waals surface area contributed by atoms with Gasteiger partial charge in [0.05, 0.1) is 13.2 Å². The van der Waals surface area contributed by atoms with Crippen LogP contribution in [0.5, 0.6) is 5.75 Å². The average molecular weight is 192 g/mol. The second-order valence-electron chi connectivity index (χ2n) is 3.35. The van der Waals surface area contributed by atoms with Gasteiger partial charge in [-0.05, 0) is 31.2 Å². The van der Waals surface area contributed by atoms with Crippen molar-refractivity contribution in [1.82, 2.24) is 0 Å². The largest absolute Gasteiger partial charge is 0.497 e. The van der Waals surface area contributed by atoms with Crippen LogP contribution >= 0.6 is 0 Å². The fourth-order valence-electron chi connectivity index (χ4n) is 1.38. The molecule has 3 heteroatoms. The molecule has 3 nitrogen and oxygen atoms in total. The van der Waals surface area contributed by atoms with Crippen LogP contribution in [0.15, 0.2) is 24.3 Å². The molecule has 2 atom stereocenters. The van der Waals surface area contributed by atoms with Crippen molar-refractivity contribution in [2.45, 2.75) is 19.1 Å². The zero-order valence-corrected chi connectivity index (χ0v) is 8.19. The third-order valence-electron chi connectivity index (χ3n) is 2.34. The molecule has 0 spiro atoms. The van der Waals surface area contributed by atoms with Crippen molar-refractivity contribution in [3.8, 4) is 5.75 Å². The molecule has 1 saturated heterocycles. The number of hydrogen-bond acceptors (Lipinski definition) is 3. The van der Waals surface area contributed by atoms with E-state index in [9.17, 15) is 4.79 Å². The highest BCUT2D eigenvalue weighted by molar-refractivity contribution is 6.01. The molecular formula is C11H12O3. The van der Waals surface area contributed by atoms with Crippen LogP contribution in [0.3, 0.4) is 0 Å². The number of hydrogen-bond donors (Lipinski definition) is 0. The molecule has 0 bridgehead atoms. The predicted octanol–water partition coefficient (Wildman–Crippen LogP) is 1.67. The number of methoxy groups -OCH3 is 1. The Labute approximate surface area is 82.6 Å². The minimum absolute atomic E-state index is 0.0557. The van der Waals surface area contributed by atoms with E-state index in [4.69, 9.17) is 9.47 Å². The minimum atomic E-state index is -0.233. The number of Topliss-reactive ketones (excluding diaryl/α,β-unsaturated/α-hetero) is 1. The lowest BCUT2D eigenvalue weighted by Gasteiger charge is -2.00. The van der Waals surface area contributed by atoms with E-state index >= 15 is 0 Å². The average Bonchev–Trinajstić information content (AvgIpc) is 2.95. The molecule has 0 N–H and O–H groups in total. The number of ether oxygens (including phenoxy) is 2. The Hall–Kier alpha value is -1.35. The van der Waals surface area contributed by atoms with Crippen molar-refractivity contribution in [1.29, 1.82) is 0 Å². The Bertz CT molecular complexity index is 342. The molecule has 1 aliphatic rings. The van der Waals surface area contributed by atoms with Gasteiger partial charge in [-0.1, -0.05) is 0 Å². The SMILES string of the molecule is COc1ccc(C(=O)[C@H]2O[C@@H]2C)cc1. The normalized spacial score (nSPS) is 24.4. The van der Waals surface area contributed by atoms with Crippen molar-refractivity contribution in [3.05, 3.63) is 29.8 Å². The van der Waals surface area contributed by atoms with Crippen LogP contribution in [0.25, 0.3) is 0 Å². The summed E-state index contributed by atoms with van der Waals surface area (Å²) in [7, 11) is 1.60. The van der Waals surface area contributed by atoms with Gasteiger partial charge in [0.25, 0.3) is 0 Å². The van der Waals surface area contributed by atoms with E-state index < -0.39 is 0 Å². The Kier molecular flexibility index (Phi) is 2.25. The zero-order chi connectivity index (χ0) is 10.1. The molecule has 1 fully saturated rings. The zero-order valence-electron chi connectivity index (χ0n) is 8.19. The second-order valence-corrected chi connectivity index (χ2v) is 3.35. The highest BCUT2D eigenvalue weighted by atomic mass is 16.6. The van der Waals surface area contributed by atoms with Gasteiger partial charge in [0.15, 0.2) is 5.78 Å². The smallest absolute Gasteiger partial charge is 0.194 e. The van der Waals surface area contributed by atoms with Gasteiger partial charge in [0.2, 0.25) is 0 Å². The number of carbonyl (C=O) groups is 1. The van der Waals surface area contributed by atoms with Crippen LogP contribution in [-0.2, 0) is 4.74 Å². The second kappa shape index (κ2) is 3.42. The van der Waals surface area contributed by atoms with Crippen molar-refractivity contribution in [3.63, 3.8) is 0 Å². The van der Waals surface area contributed by atoms with E-state index in [1.807, 2.05) is 6.92 Å². The first kappa shape index (κ1) is 9.21. The first-order valence-corrected chi connectivity index (χ1v) is 4.56. The first-order valence-electron chi connectivity index (χ1n) is 4.56. The lowest BCUT2D eigenvalue weighted by Crippen LogP contribution is -2.08. The van der Waals surface area contributed by atoms with Gasteiger partial charge in [-0.25, -0.2) is 0 Å². The molecule has 0 amide bonds. The van der Waals surface area contributed by atoms with Gasteiger partial charge in [0.1, 0.15) is 11.9 Å². The fourth-order valence-corrected chi connectivity index (χ4v) is 1.38.